The van der Waals surface area contributed by atoms with Crippen LogP contribution < -0.4 is 11.3 Å². The van der Waals surface area contributed by atoms with Crippen LogP contribution in [-0.2, 0) is 4.74 Å². The number of nitrogens with two attached hydrogens (primary N) is 1. The maximum atomic E-state index is 5.81. The van der Waals surface area contributed by atoms with Crippen molar-refractivity contribution in [3.63, 3.8) is 0 Å². The Labute approximate surface area is 119 Å². The Kier molecular flexibility index (Phi) is 10.4. The highest BCUT2D eigenvalue weighted by Gasteiger charge is 2.22. The van der Waals surface area contributed by atoms with E-state index in [-0.39, 0.29) is 0 Å². The van der Waals surface area contributed by atoms with Crippen molar-refractivity contribution in [1.82, 2.24) is 5.43 Å². The van der Waals surface area contributed by atoms with Crippen LogP contribution in [0.2, 0.25) is 0 Å². The van der Waals surface area contributed by atoms with Crippen molar-refractivity contribution in [2.24, 2.45) is 5.84 Å². The van der Waals surface area contributed by atoms with Crippen LogP contribution in [0.4, 0.5) is 0 Å². The molecule has 1 aliphatic rings. The quantitative estimate of drug-likeness (QED) is 0.340. The SMILES string of the molecule is CCCCCCCCCCC(NN)C1CCCCO1. The fourth-order valence-corrected chi connectivity index (χ4v) is 2.96. The Balaban J connectivity index is 1.96. The molecule has 3 N–H and O–H groups in total. The molecule has 1 saturated heterocycles. The fraction of sp³-hybridized carbons (Fsp3) is 1.00. The average molecular weight is 270 g/mol. The minimum atomic E-state index is 0.350. The van der Waals surface area contributed by atoms with Gasteiger partial charge in [0.1, 0.15) is 0 Å². The molecule has 0 aromatic carbocycles. The molecular weight excluding hydrogens is 236 g/mol. The highest BCUT2D eigenvalue weighted by Crippen LogP contribution is 2.19. The summed E-state index contributed by atoms with van der Waals surface area (Å²) < 4.78 is 5.81. The zero-order chi connectivity index (χ0) is 13.8. The molecular formula is C16H34N2O. The normalized spacial score (nSPS) is 21.5. The highest BCUT2D eigenvalue weighted by molar-refractivity contribution is 4.77. The molecule has 2 atom stereocenters. The van der Waals surface area contributed by atoms with Gasteiger partial charge in [0.15, 0.2) is 0 Å². The van der Waals surface area contributed by atoms with E-state index in [0.29, 0.717) is 12.1 Å². The van der Waals surface area contributed by atoms with Gasteiger partial charge < -0.3 is 4.74 Å². The van der Waals surface area contributed by atoms with Gasteiger partial charge in [0, 0.05) is 12.6 Å². The summed E-state index contributed by atoms with van der Waals surface area (Å²) in [6.07, 6.45) is 16.2. The van der Waals surface area contributed by atoms with Crippen molar-refractivity contribution in [2.75, 3.05) is 6.61 Å². The Morgan fingerprint density at radius 1 is 1.05 bits per heavy atom. The van der Waals surface area contributed by atoms with Gasteiger partial charge in [-0.1, -0.05) is 58.3 Å². The Hall–Kier alpha value is -0.120. The van der Waals surface area contributed by atoms with Crippen LogP contribution in [0, 0.1) is 0 Å². The van der Waals surface area contributed by atoms with E-state index in [1.807, 2.05) is 0 Å². The van der Waals surface area contributed by atoms with Crippen molar-refractivity contribution in [2.45, 2.75) is 96.1 Å². The molecule has 1 aliphatic heterocycles. The van der Waals surface area contributed by atoms with E-state index in [9.17, 15) is 0 Å². The van der Waals surface area contributed by atoms with Crippen LogP contribution in [0.3, 0.4) is 0 Å². The standard InChI is InChI=1S/C16H34N2O/c1-2-3-4-5-6-7-8-9-12-15(18-17)16-13-10-11-14-19-16/h15-16,18H,2-14,17H2,1H3. The predicted octanol–water partition coefficient (Wildman–Crippen LogP) is 3.92. The molecule has 19 heavy (non-hydrogen) atoms. The number of ether oxygens (including phenoxy) is 1. The molecule has 1 rings (SSSR count). The number of rotatable bonds is 11. The third kappa shape index (κ3) is 7.91. The number of hydrazine groups is 1. The maximum Gasteiger partial charge on any atom is 0.0741 e. The Morgan fingerprint density at radius 3 is 2.32 bits per heavy atom. The molecule has 0 aliphatic carbocycles. The number of unbranched alkanes of at least 4 members (excludes halogenated alkanes) is 7. The van der Waals surface area contributed by atoms with Gasteiger partial charge in [-0.05, 0) is 25.7 Å². The van der Waals surface area contributed by atoms with Crippen molar-refractivity contribution >= 4 is 0 Å². The molecule has 3 heteroatoms. The summed E-state index contributed by atoms with van der Waals surface area (Å²) in [4.78, 5) is 0. The second kappa shape index (κ2) is 11.7. The molecule has 0 radical (unpaired) electrons. The minimum Gasteiger partial charge on any atom is -0.377 e. The number of hydrogen-bond donors (Lipinski definition) is 2. The monoisotopic (exact) mass is 270 g/mol. The summed E-state index contributed by atoms with van der Waals surface area (Å²) in [5.74, 6) is 5.67. The average Bonchev–Trinajstić information content (AvgIpc) is 2.47. The first-order valence-corrected chi connectivity index (χ1v) is 8.46. The van der Waals surface area contributed by atoms with Crippen LogP contribution in [0.5, 0.6) is 0 Å². The first-order valence-electron chi connectivity index (χ1n) is 8.46. The molecule has 0 amide bonds. The Morgan fingerprint density at radius 2 is 1.74 bits per heavy atom. The summed E-state index contributed by atoms with van der Waals surface area (Å²) >= 11 is 0. The summed E-state index contributed by atoms with van der Waals surface area (Å²) in [6, 6.07) is 0.361. The molecule has 1 heterocycles. The van der Waals surface area contributed by atoms with E-state index in [1.54, 1.807) is 0 Å². The third-order valence-electron chi connectivity index (χ3n) is 4.25. The summed E-state index contributed by atoms with van der Waals surface area (Å²) in [7, 11) is 0. The van der Waals surface area contributed by atoms with Crippen LogP contribution in [0.15, 0.2) is 0 Å². The van der Waals surface area contributed by atoms with E-state index in [4.69, 9.17) is 10.6 Å². The van der Waals surface area contributed by atoms with Gasteiger partial charge in [-0.15, -0.1) is 0 Å². The van der Waals surface area contributed by atoms with Crippen LogP contribution in [0.1, 0.15) is 84.0 Å². The fourth-order valence-electron chi connectivity index (χ4n) is 2.96. The Bertz CT molecular complexity index is 193. The zero-order valence-electron chi connectivity index (χ0n) is 12.8. The maximum absolute atomic E-state index is 5.81. The molecule has 0 spiro atoms. The molecule has 0 aromatic rings. The van der Waals surface area contributed by atoms with Crippen LogP contribution in [0.25, 0.3) is 0 Å². The van der Waals surface area contributed by atoms with Crippen molar-refractivity contribution in [1.29, 1.82) is 0 Å². The lowest BCUT2D eigenvalue weighted by molar-refractivity contribution is -0.00978. The molecule has 0 bridgehead atoms. The van der Waals surface area contributed by atoms with Gasteiger partial charge in [0.05, 0.1) is 6.10 Å². The highest BCUT2D eigenvalue weighted by atomic mass is 16.5. The molecule has 0 aromatic heterocycles. The van der Waals surface area contributed by atoms with E-state index >= 15 is 0 Å². The molecule has 1 fully saturated rings. The first kappa shape index (κ1) is 16.9. The molecule has 0 saturated carbocycles. The van der Waals surface area contributed by atoms with E-state index in [2.05, 4.69) is 12.3 Å². The van der Waals surface area contributed by atoms with E-state index < -0.39 is 0 Å². The zero-order valence-corrected chi connectivity index (χ0v) is 12.8. The molecule has 2 unspecified atom stereocenters. The molecule has 114 valence electrons. The topological polar surface area (TPSA) is 47.3 Å². The van der Waals surface area contributed by atoms with Gasteiger partial charge in [0.2, 0.25) is 0 Å². The van der Waals surface area contributed by atoms with Crippen molar-refractivity contribution in [3.05, 3.63) is 0 Å². The van der Waals surface area contributed by atoms with Gasteiger partial charge in [-0.3, -0.25) is 11.3 Å². The van der Waals surface area contributed by atoms with Gasteiger partial charge in [-0.25, -0.2) is 0 Å². The number of hydrogen-bond acceptors (Lipinski definition) is 3. The summed E-state index contributed by atoms with van der Waals surface area (Å²) in [6.45, 7) is 3.19. The minimum absolute atomic E-state index is 0.350. The molecule has 3 nitrogen and oxygen atoms in total. The van der Waals surface area contributed by atoms with Gasteiger partial charge in [0.25, 0.3) is 0 Å². The number of nitrogens with one attached hydrogen (secondary N) is 1. The smallest absolute Gasteiger partial charge is 0.0741 e. The summed E-state index contributed by atoms with van der Waals surface area (Å²) in [5, 5.41) is 0. The van der Waals surface area contributed by atoms with Crippen LogP contribution in [-0.4, -0.2) is 18.8 Å². The van der Waals surface area contributed by atoms with E-state index in [1.165, 1.54) is 70.6 Å². The lowest BCUT2D eigenvalue weighted by atomic mass is 9.97. The second-order valence-electron chi connectivity index (χ2n) is 5.94. The third-order valence-corrected chi connectivity index (χ3v) is 4.25. The first-order chi connectivity index (χ1) is 9.38. The second-order valence-corrected chi connectivity index (χ2v) is 5.94. The van der Waals surface area contributed by atoms with E-state index in [0.717, 1.165) is 13.0 Å². The predicted molar refractivity (Wildman–Crippen MR) is 81.9 cm³/mol. The lowest BCUT2D eigenvalue weighted by Crippen LogP contribution is -2.46. The van der Waals surface area contributed by atoms with Gasteiger partial charge >= 0.3 is 0 Å². The van der Waals surface area contributed by atoms with Crippen LogP contribution >= 0.6 is 0 Å². The lowest BCUT2D eigenvalue weighted by Gasteiger charge is -2.30. The summed E-state index contributed by atoms with van der Waals surface area (Å²) in [5.41, 5.74) is 2.97. The largest absolute Gasteiger partial charge is 0.377 e. The van der Waals surface area contributed by atoms with Gasteiger partial charge in [-0.2, -0.15) is 0 Å². The van der Waals surface area contributed by atoms with Crippen molar-refractivity contribution in [3.8, 4) is 0 Å². The van der Waals surface area contributed by atoms with Crippen molar-refractivity contribution < 1.29 is 4.74 Å².